The zero-order chi connectivity index (χ0) is 15.0. The molecule has 2 nitrogen and oxygen atoms in total. The maximum atomic E-state index is 3.82. The standard InChI is InChI=1S/C18H27IN2/c1-18(2,3)17-10-20-16(14-6-7-14)12-21(17)11-13-4-8-15(19)9-5-13/h4-5,8-9,14,16-17,20H,6-7,10-12H2,1-3H3. The van der Waals surface area contributed by atoms with Crippen molar-refractivity contribution in [2.45, 2.75) is 52.2 Å². The van der Waals surface area contributed by atoms with Crippen LogP contribution in [0.15, 0.2) is 24.3 Å². The van der Waals surface area contributed by atoms with E-state index < -0.39 is 0 Å². The molecule has 1 aliphatic heterocycles. The first-order valence-electron chi connectivity index (χ1n) is 8.15. The van der Waals surface area contributed by atoms with Crippen molar-refractivity contribution >= 4 is 22.6 Å². The number of piperazine rings is 1. The van der Waals surface area contributed by atoms with Crippen LogP contribution in [0.4, 0.5) is 0 Å². The van der Waals surface area contributed by atoms with Gasteiger partial charge in [0.2, 0.25) is 0 Å². The summed E-state index contributed by atoms with van der Waals surface area (Å²) in [5.74, 6) is 0.935. The van der Waals surface area contributed by atoms with E-state index in [-0.39, 0.29) is 0 Å². The summed E-state index contributed by atoms with van der Waals surface area (Å²) in [5, 5.41) is 3.82. The molecule has 2 fully saturated rings. The summed E-state index contributed by atoms with van der Waals surface area (Å²) in [4.78, 5) is 2.72. The van der Waals surface area contributed by atoms with Gasteiger partial charge in [0, 0.05) is 35.3 Å². The first-order chi connectivity index (χ1) is 9.93. The van der Waals surface area contributed by atoms with E-state index in [1.807, 2.05) is 0 Å². The predicted molar refractivity (Wildman–Crippen MR) is 97.3 cm³/mol. The molecule has 2 unspecified atom stereocenters. The number of nitrogens with zero attached hydrogens (tertiary/aromatic N) is 1. The SMILES string of the molecule is CC(C)(C)C1CNC(C2CC2)CN1Cc1ccc(I)cc1. The monoisotopic (exact) mass is 398 g/mol. The Morgan fingerprint density at radius 1 is 1.19 bits per heavy atom. The van der Waals surface area contributed by atoms with Crippen LogP contribution in [-0.2, 0) is 6.54 Å². The van der Waals surface area contributed by atoms with Crippen LogP contribution in [0.2, 0.25) is 0 Å². The third-order valence-electron chi connectivity index (χ3n) is 4.94. The summed E-state index contributed by atoms with van der Waals surface area (Å²) < 4.78 is 1.32. The molecule has 116 valence electrons. The van der Waals surface area contributed by atoms with E-state index >= 15 is 0 Å². The van der Waals surface area contributed by atoms with E-state index in [2.05, 4.69) is 77.8 Å². The predicted octanol–water partition coefficient (Wildman–Crippen LogP) is 3.89. The highest BCUT2D eigenvalue weighted by Gasteiger charge is 2.40. The van der Waals surface area contributed by atoms with E-state index in [1.165, 1.54) is 28.5 Å². The number of rotatable bonds is 3. The van der Waals surface area contributed by atoms with Crippen LogP contribution in [0.3, 0.4) is 0 Å². The molecule has 0 spiro atoms. The molecule has 1 saturated carbocycles. The molecule has 1 aromatic rings. The zero-order valence-corrected chi connectivity index (χ0v) is 15.6. The average molecular weight is 398 g/mol. The van der Waals surface area contributed by atoms with E-state index in [9.17, 15) is 0 Å². The Kier molecular flexibility index (Phi) is 4.63. The first kappa shape index (κ1) is 15.8. The van der Waals surface area contributed by atoms with Gasteiger partial charge in [-0.2, -0.15) is 0 Å². The molecule has 3 rings (SSSR count). The Labute approximate surface area is 142 Å². The fourth-order valence-electron chi connectivity index (χ4n) is 3.50. The van der Waals surface area contributed by atoms with Crippen molar-refractivity contribution in [1.29, 1.82) is 0 Å². The average Bonchev–Trinajstić information content (AvgIpc) is 3.24. The van der Waals surface area contributed by atoms with Gasteiger partial charge in [0.25, 0.3) is 0 Å². The minimum Gasteiger partial charge on any atom is -0.311 e. The van der Waals surface area contributed by atoms with Gasteiger partial charge in [0.1, 0.15) is 0 Å². The van der Waals surface area contributed by atoms with Gasteiger partial charge in [-0.05, 0) is 64.5 Å². The van der Waals surface area contributed by atoms with E-state index in [0.29, 0.717) is 17.5 Å². The van der Waals surface area contributed by atoms with Crippen molar-refractivity contribution in [3.63, 3.8) is 0 Å². The molecule has 1 N–H and O–H groups in total. The van der Waals surface area contributed by atoms with Crippen LogP contribution in [-0.4, -0.2) is 30.1 Å². The molecular weight excluding hydrogens is 371 g/mol. The summed E-state index contributed by atoms with van der Waals surface area (Å²) in [7, 11) is 0. The second-order valence-corrected chi connectivity index (χ2v) is 9.04. The normalized spacial score (nSPS) is 27.8. The number of hydrogen-bond acceptors (Lipinski definition) is 2. The van der Waals surface area contributed by atoms with Gasteiger partial charge >= 0.3 is 0 Å². The molecule has 21 heavy (non-hydrogen) atoms. The summed E-state index contributed by atoms with van der Waals surface area (Å²) in [5.41, 5.74) is 1.77. The van der Waals surface area contributed by atoms with Crippen LogP contribution in [0.5, 0.6) is 0 Å². The van der Waals surface area contributed by atoms with Crippen molar-refractivity contribution in [1.82, 2.24) is 10.2 Å². The maximum absolute atomic E-state index is 3.82. The fourth-order valence-corrected chi connectivity index (χ4v) is 3.86. The van der Waals surface area contributed by atoms with Crippen LogP contribution in [0.25, 0.3) is 0 Å². The highest BCUT2D eigenvalue weighted by molar-refractivity contribution is 14.1. The van der Waals surface area contributed by atoms with Crippen LogP contribution in [0, 0.1) is 14.9 Å². The molecule has 0 bridgehead atoms. The van der Waals surface area contributed by atoms with Gasteiger partial charge in [-0.1, -0.05) is 32.9 Å². The Hall–Kier alpha value is -0.130. The van der Waals surface area contributed by atoms with Crippen LogP contribution < -0.4 is 5.32 Å². The maximum Gasteiger partial charge on any atom is 0.0273 e. The highest BCUT2D eigenvalue weighted by atomic mass is 127. The Balaban J connectivity index is 1.73. The van der Waals surface area contributed by atoms with Crippen molar-refractivity contribution in [2.24, 2.45) is 11.3 Å². The molecule has 1 aromatic carbocycles. The summed E-state index contributed by atoms with van der Waals surface area (Å²) >= 11 is 2.38. The quantitative estimate of drug-likeness (QED) is 0.778. The van der Waals surface area contributed by atoms with Crippen LogP contribution in [0.1, 0.15) is 39.2 Å². The molecule has 1 heterocycles. The second kappa shape index (κ2) is 6.17. The third-order valence-corrected chi connectivity index (χ3v) is 5.65. The Morgan fingerprint density at radius 2 is 1.86 bits per heavy atom. The molecular formula is C18H27IN2. The first-order valence-corrected chi connectivity index (χ1v) is 9.23. The summed E-state index contributed by atoms with van der Waals surface area (Å²) in [6, 6.07) is 10.4. The van der Waals surface area contributed by atoms with Crippen molar-refractivity contribution < 1.29 is 0 Å². The molecule has 2 atom stereocenters. The number of benzene rings is 1. The minimum atomic E-state index is 0.324. The number of halogens is 1. The molecule has 1 aliphatic carbocycles. The lowest BCUT2D eigenvalue weighted by atomic mass is 9.83. The van der Waals surface area contributed by atoms with Crippen molar-refractivity contribution in [3.8, 4) is 0 Å². The van der Waals surface area contributed by atoms with Crippen molar-refractivity contribution in [3.05, 3.63) is 33.4 Å². The molecule has 0 amide bonds. The van der Waals surface area contributed by atoms with Gasteiger partial charge in [-0.25, -0.2) is 0 Å². The molecule has 1 saturated heterocycles. The van der Waals surface area contributed by atoms with E-state index in [1.54, 1.807) is 0 Å². The van der Waals surface area contributed by atoms with Crippen LogP contribution >= 0.6 is 22.6 Å². The lowest BCUT2D eigenvalue weighted by Crippen LogP contribution is -2.60. The third kappa shape index (κ3) is 3.99. The smallest absolute Gasteiger partial charge is 0.0273 e. The van der Waals surface area contributed by atoms with E-state index in [4.69, 9.17) is 0 Å². The Bertz CT molecular complexity index is 473. The molecule has 3 heteroatoms. The summed E-state index contributed by atoms with van der Waals surface area (Å²) in [6.07, 6.45) is 2.85. The van der Waals surface area contributed by atoms with Gasteiger partial charge in [-0.15, -0.1) is 0 Å². The van der Waals surface area contributed by atoms with Crippen molar-refractivity contribution in [2.75, 3.05) is 13.1 Å². The largest absolute Gasteiger partial charge is 0.311 e. The topological polar surface area (TPSA) is 15.3 Å². The van der Waals surface area contributed by atoms with Gasteiger partial charge in [-0.3, -0.25) is 4.90 Å². The molecule has 2 aliphatic rings. The van der Waals surface area contributed by atoms with Gasteiger partial charge in [0.15, 0.2) is 0 Å². The zero-order valence-electron chi connectivity index (χ0n) is 13.4. The minimum absolute atomic E-state index is 0.324. The molecule has 0 radical (unpaired) electrons. The lowest BCUT2D eigenvalue weighted by molar-refractivity contribution is 0.0449. The van der Waals surface area contributed by atoms with Gasteiger partial charge < -0.3 is 5.32 Å². The van der Waals surface area contributed by atoms with E-state index in [0.717, 1.165) is 19.0 Å². The summed E-state index contributed by atoms with van der Waals surface area (Å²) in [6.45, 7) is 10.5. The second-order valence-electron chi connectivity index (χ2n) is 7.79. The number of nitrogens with one attached hydrogen (secondary N) is 1. The number of hydrogen-bond donors (Lipinski definition) is 1. The Morgan fingerprint density at radius 3 is 2.43 bits per heavy atom. The highest BCUT2D eigenvalue weighted by Crippen LogP contribution is 2.36. The fraction of sp³-hybridized carbons (Fsp3) is 0.667. The lowest BCUT2D eigenvalue weighted by Gasteiger charge is -2.46. The van der Waals surface area contributed by atoms with Gasteiger partial charge in [0.05, 0.1) is 0 Å². The molecule has 0 aromatic heterocycles.